The number of pyridine rings is 1. The van der Waals surface area contributed by atoms with Crippen LogP contribution in [0.2, 0.25) is 0 Å². The number of ether oxygens (including phenoxy) is 2. The molecule has 1 aliphatic heterocycles. The van der Waals surface area contributed by atoms with E-state index in [-0.39, 0.29) is 47.5 Å². The van der Waals surface area contributed by atoms with Gasteiger partial charge in [0.2, 0.25) is 0 Å². The number of aromatic nitrogens is 2. The van der Waals surface area contributed by atoms with E-state index in [2.05, 4.69) is 68.2 Å². The van der Waals surface area contributed by atoms with Gasteiger partial charge in [0, 0.05) is 56.5 Å². The first kappa shape index (κ1) is 39.0. The molecule has 0 N–H and O–H groups in total. The van der Waals surface area contributed by atoms with Crippen molar-refractivity contribution in [2.24, 2.45) is 0 Å². The molecular weight excluding hydrogens is 995 g/mol. The van der Waals surface area contributed by atoms with Gasteiger partial charge < -0.3 is 35.2 Å². The van der Waals surface area contributed by atoms with Crippen LogP contribution >= 0.6 is 0 Å². The van der Waals surface area contributed by atoms with Gasteiger partial charge in [-0.2, -0.15) is 37.0 Å². The van der Waals surface area contributed by atoms with E-state index in [1.165, 1.54) is 0 Å². The number of para-hydroxylation sites is 1. The van der Waals surface area contributed by atoms with Gasteiger partial charge >= 0.3 is 21.1 Å². The fraction of sp³-hybridized carbons (Fsp3) is 0.116. The Kier molecular flexibility index (Phi) is 13.7. The summed E-state index contributed by atoms with van der Waals surface area (Å²) in [5, 5.41) is 0. The Morgan fingerprint density at radius 3 is 2.06 bits per heavy atom. The van der Waals surface area contributed by atoms with Crippen LogP contribution in [0.4, 0.5) is 5.69 Å². The van der Waals surface area contributed by atoms with Crippen molar-refractivity contribution in [2.75, 3.05) is 11.9 Å². The second-order valence-electron chi connectivity index (χ2n) is 12.2. The molecule has 0 spiro atoms. The first-order valence-electron chi connectivity index (χ1n) is 15.7. The fourth-order valence-corrected chi connectivity index (χ4v) is 4.85. The quantitative estimate of drug-likeness (QED) is 0.118. The van der Waals surface area contributed by atoms with Crippen molar-refractivity contribution in [2.45, 2.75) is 26.2 Å². The smallest absolute Gasteiger partial charge is 0.669 e. The van der Waals surface area contributed by atoms with Gasteiger partial charge in [-0.05, 0) is 37.0 Å². The third-order valence-corrected chi connectivity index (χ3v) is 7.40. The van der Waals surface area contributed by atoms with E-state index < -0.39 is 0 Å². The van der Waals surface area contributed by atoms with Crippen LogP contribution in [0.1, 0.15) is 26.3 Å². The average molecular weight is 1030 g/mol. The van der Waals surface area contributed by atoms with Crippen LogP contribution in [0.15, 0.2) is 122 Å². The molecule has 4 aromatic carbocycles. The summed E-state index contributed by atoms with van der Waals surface area (Å²) in [6.07, 6.45) is 15.8. The first-order chi connectivity index (χ1) is 23.7. The molecule has 3 heterocycles. The minimum absolute atomic E-state index is 0. The van der Waals surface area contributed by atoms with Crippen LogP contribution in [0.25, 0.3) is 22.4 Å². The summed E-state index contributed by atoms with van der Waals surface area (Å²) in [6.45, 7) is 8.57. The molecule has 0 radical (unpaired) electrons. The maximum absolute atomic E-state index is 6.57. The van der Waals surface area contributed by atoms with Crippen LogP contribution in [0.3, 0.4) is 0 Å². The summed E-state index contributed by atoms with van der Waals surface area (Å²) < 4.78 is 13.8. The van der Waals surface area contributed by atoms with E-state index in [1.807, 2.05) is 121 Å². The van der Waals surface area contributed by atoms with Gasteiger partial charge in [-0.3, -0.25) is 11.1 Å². The van der Waals surface area contributed by atoms with Crippen LogP contribution < -0.4 is 14.4 Å². The third kappa shape index (κ3) is 10.6. The number of rotatable bonds is 7. The standard InChI is InChI=1S/C37H29N3O2.C6H4N.2Pt/c1-37(2,3)30-23-31(40-19-18-39(4)26-40)25-35(24-30)42-34-15-9-11-29(21-34)36-22-28(16-17-38-36)27-10-8-14-33(20-27)41-32-12-6-5-7-13-32;1-2-7-5-3-4-6-7;;/h5-12,14-15,17-19,22-24,26H,1-4H3;3-6H;;/q-6;-1;;+4. The van der Waals surface area contributed by atoms with E-state index in [0.29, 0.717) is 23.0 Å². The summed E-state index contributed by atoms with van der Waals surface area (Å²) >= 11 is 0. The predicted molar refractivity (Wildman–Crippen MR) is 192 cm³/mol. The summed E-state index contributed by atoms with van der Waals surface area (Å²) in [5.41, 5.74) is 5.24. The molecular formula is C43H33N4O2Pt2-3. The van der Waals surface area contributed by atoms with Crippen molar-refractivity contribution in [1.29, 1.82) is 0 Å². The van der Waals surface area contributed by atoms with Crippen molar-refractivity contribution in [3.05, 3.63) is 171 Å². The minimum Gasteiger partial charge on any atom is -0.669 e. The molecule has 51 heavy (non-hydrogen) atoms. The molecule has 0 saturated carbocycles. The molecule has 0 amide bonds. The molecule has 260 valence electrons. The average Bonchev–Trinajstić information content (AvgIpc) is 3.81. The predicted octanol–water partition coefficient (Wildman–Crippen LogP) is 9.52. The molecule has 0 atom stereocenters. The second kappa shape index (κ2) is 17.9. The first-order valence-corrected chi connectivity index (χ1v) is 15.7. The van der Waals surface area contributed by atoms with E-state index >= 15 is 0 Å². The zero-order valence-corrected chi connectivity index (χ0v) is 32.9. The molecule has 2 aromatic heterocycles. The van der Waals surface area contributed by atoms with E-state index in [4.69, 9.17) is 15.9 Å². The molecule has 8 heteroatoms. The number of anilines is 1. The van der Waals surface area contributed by atoms with Crippen LogP contribution in [-0.2, 0) is 47.5 Å². The number of nitrogens with zero attached hydrogens (tertiary/aromatic N) is 4. The third-order valence-electron chi connectivity index (χ3n) is 7.40. The normalized spacial score (nSPS) is 11.7. The minimum atomic E-state index is -0.0670. The Labute approximate surface area is 330 Å². The molecule has 6 aromatic rings. The van der Waals surface area contributed by atoms with Gasteiger partial charge in [0.05, 0.1) is 0 Å². The monoisotopic (exact) mass is 1030 g/mol. The van der Waals surface area contributed by atoms with Gasteiger partial charge in [-0.15, -0.1) is 71.4 Å². The molecule has 0 fully saturated rings. The SMILES string of the molecule is CN1C=CN(c2[c-]c(Oc3[c-]c(-c4cc(-c5[c-]c(Oc6[c-]cccc6)ccc5)[c-]cn4)ccc3)cc(C(C)(C)C)c2)[CH-]1.[C-]#Cn1cccc1.[Pt+4].[Pt]. The van der Waals surface area contributed by atoms with Gasteiger partial charge in [0.25, 0.3) is 0 Å². The zero-order chi connectivity index (χ0) is 34.2. The van der Waals surface area contributed by atoms with Gasteiger partial charge in [0.15, 0.2) is 0 Å². The van der Waals surface area contributed by atoms with Crippen LogP contribution in [0.5, 0.6) is 23.0 Å². The Hall–Kier alpha value is -4.81. The molecule has 6 nitrogen and oxygen atoms in total. The van der Waals surface area contributed by atoms with E-state index in [1.54, 1.807) is 23.2 Å². The Balaban J connectivity index is 0.000000581. The summed E-state index contributed by atoms with van der Waals surface area (Å²) in [4.78, 5) is 8.60. The maximum Gasteiger partial charge on any atom is 4.00 e. The Morgan fingerprint density at radius 1 is 0.745 bits per heavy atom. The van der Waals surface area contributed by atoms with Crippen molar-refractivity contribution >= 4 is 5.69 Å². The second-order valence-corrected chi connectivity index (χ2v) is 12.2. The Morgan fingerprint density at radius 2 is 1.43 bits per heavy atom. The molecule has 0 unspecified atom stereocenters. The van der Waals surface area contributed by atoms with Crippen molar-refractivity contribution in [1.82, 2.24) is 14.5 Å². The topological polar surface area (TPSA) is 42.8 Å². The molecule has 0 saturated heterocycles. The van der Waals surface area contributed by atoms with Crippen molar-refractivity contribution in [3.8, 4) is 51.4 Å². The maximum atomic E-state index is 6.57. The van der Waals surface area contributed by atoms with Gasteiger partial charge in [-0.25, -0.2) is 24.2 Å². The molecule has 7 rings (SSSR count). The molecule has 0 aliphatic carbocycles. The van der Waals surface area contributed by atoms with Gasteiger partial charge in [-0.1, -0.05) is 38.7 Å². The number of benzene rings is 4. The summed E-state index contributed by atoms with van der Waals surface area (Å²) in [7, 11) is 1.99. The van der Waals surface area contributed by atoms with E-state index in [0.717, 1.165) is 33.6 Å². The largest absolute Gasteiger partial charge is 4.00 e. The van der Waals surface area contributed by atoms with Crippen LogP contribution in [0, 0.1) is 49.5 Å². The summed E-state index contributed by atoms with van der Waals surface area (Å²) in [5.74, 6) is 2.44. The van der Waals surface area contributed by atoms with Crippen molar-refractivity contribution in [3.63, 3.8) is 0 Å². The van der Waals surface area contributed by atoms with Gasteiger partial charge in [0.1, 0.15) is 0 Å². The number of hydrogen-bond donors (Lipinski definition) is 0. The summed E-state index contributed by atoms with van der Waals surface area (Å²) in [6, 6.07) is 47.5. The Bertz CT molecular complexity index is 2080. The molecule has 0 bridgehead atoms. The van der Waals surface area contributed by atoms with E-state index in [9.17, 15) is 0 Å². The zero-order valence-electron chi connectivity index (χ0n) is 28.4. The van der Waals surface area contributed by atoms with Crippen molar-refractivity contribution < 1.29 is 51.6 Å². The molecule has 1 aliphatic rings. The van der Waals surface area contributed by atoms with Crippen LogP contribution in [-0.4, -0.2) is 21.5 Å². The number of hydrogen-bond acceptors (Lipinski definition) is 5. The fourth-order valence-electron chi connectivity index (χ4n) is 4.85.